The standard InChI is InChI=1S/C52H38N2O/c1-33(54-51-45-25-11-9-23-43(45)42-22-8-10-24-44(42)50(51)53)36-18-12-19-37(28-36)38-20-13-21-40(29-38)46-31-41(35-16-6-3-7-17-35)32-48-47-30-39(34-14-4-2-5-15-34)26-27-49(47)55-52(46)48/h2-32,48,52H,53H2,1H3. The molecule has 1 aliphatic carbocycles. The summed E-state index contributed by atoms with van der Waals surface area (Å²) in [6.45, 7) is 2.07. The quantitative estimate of drug-likeness (QED) is 0.106. The largest absolute Gasteiger partial charge is 0.484 e. The highest BCUT2D eigenvalue weighted by Crippen LogP contribution is 2.50. The molecule has 1 heterocycles. The third kappa shape index (κ3) is 5.82. The van der Waals surface area contributed by atoms with E-state index in [9.17, 15) is 0 Å². The lowest BCUT2D eigenvalue weighted by atomic mass is 9.79. The maximum absolute atomic E-state index is 6.84. The lowest BCUT2D eigenvalue weighted by Gasteiger charge is -2.26. The molecule has 8 aromatic carbocycles. The number of aliphatic imine (C=N–C) groups is 1. The van der Waals surface area contributed by atoms with Crippen LogP contribution in [0.1, 0.15) is 35.1 Å². The summed E-state index contributed by atoms with van der Waals surface area (Å²) >= 11 is 0. The Labute approximate surface area is 321 Å². The first-order valence-electron chi connectivity index (χ1n) is 18.9. The molecule has 1 aliphatic heterocycles. The van der Waals surface area contributed by atoms with Gasteiger partial charge in [0, 0.05) is 33.5 Å². The zero-order chi connectivity index (χ0) is 36.9. The first-order valence-corrected chi connectivity index (χ1v) is 18.9. The molecule has 2 aliphatic rings. The van der Waals surface area contributed by atoms with E-state index >= 15 is 0 Å². The molecule has 0 bridgehead atoms. The maximum atomic E-state index is 6.84. The van der Waals surface area contributed by atoms with Gasteiger partial charge in [0.05, 0.1) is 11.4 Å². The van der Waals surface area contributed by atoms with E-state index in [0.717, 1.165) is 60.9 Å². The number of hydrogen-bond donors (Lipinski definition) is 1. The van der Waals surface area contributed by atoms with Crippen molar-refractivity contribution in [3.8, 4) is 28.0 Å². The van der Waals surface area contributed by atoms with E-state index in [4.69, 9.17) is 15.5 Å². The number of ether oxygens (including phenoxy) is 1. The molecule has 0 fully saturated rings. The van der Waals surface area contributed by atoms with E-state index < -0.39 is 0 Å². The Morgan fingerprint density at radius 2 is 1.11 bits per heavy atom. The van der Waals surface area contributed by atoms with Crippen molar-refractivity contribution in [1.82, 2.24) is 0 Å². The molecule has 0 aromatic heterocycles. The smallest absolute Gasteiger partial charge is 0.135 e. The van der Waals surface area contributed by atoms with Gasteiger partial charge in [-0.3, -0.25) is 4.99 Å². The normalized spacial score (nSPS) is 16.3. The zero-order valence-electron chi connectivity index (χ0n) is 30.5. The number of nitrogens with zero attached hydrogens (tertiary/aromatic N) is 1. The van der Waals surface area contributed by atoms with Crippen LogP contribution in [-0.4, -0.2) is 11.8 Å². The van der Waals surface area contributed by atoms with Gasteiger partial charge in [0.2, 0.25) is 0 Å². The van der Waals surface area contributed by atoms with Crippen LogP contribution in [0.15, 0.2) is 193 Å². The van der Waals surface area contributed by atoms with Crippen molar-refractivity contribution in [2.45, 2.75) is 18.9 Å². The van der Waals surface area contributed by atoms with Gasteiger partial charge in [-0.05, 0) is 92.6 Å². The van der Waals surface area contributed by atoms with E-state index in [1.807, 2.05) is 6.07 Å². The second-order valence-electron chi connectivity index (χ2n) is 14.5. The van der Waals surface area contributed by atoms with Crippen LogP contribution in [0.25, 0.3) is 54.9 Å². The van der Waals surface area contributed by atoms with Gasteiger partial charge in [0.15, 0.2) is 0 Å². The average Bonchev–Trinajstić information content (AvgIpc) is 3.63. The van der Waals surface area contributed by atoms with Crippen molar-refractivity contribution in [3.63, 3.8) is 0 Å². The fraction of sp³-hybridized carbons (Fsp3) is 0.0577. The molecule has 3 nitrogen and oxygen atoms in total. The molecule has 10 rings (SSSR count). The molecule has 3 heteroatoms. The first-order chi connectivity index (χ1) is 27.1. The van der Waals surface area contributed by atoms with Crippen molar-refractivity contribution in [2.24, 2.45) is 4.99 Å². The number of benzene rings is 8. The molecule has 0 spiro atoms. The molecule has 262 valence electrons. The molecule has 8 aromatic rings. The summed E-state index contributed by atoms with van der Waals surface area (Å²) in [6, 6.07) is 62.1. The molecule has 0 saturated carbocycles. The minimum absolute atomic E-state index is 0.0818. The van der Waals surface area contributed by atoms with Crippen LogP contribution < -0.4 is 10.5 Å². The number of rotatable bonds is 6. The average molecular weight is 707 g/mol. The van der Waals surface area contributed by atoms with Gasteiger partial charge in [-0.25, -0.2) is 0 Å². The van der Waals surface area contributed by atoms with Gasteiger partial charge in [-0.15, -0.1) is 0 Å². The molecule has 0 saturated heterocycles. The monoisotopic (exact) mass is 706 g/mol. The number of hydrogen-bond acceptors (Lipinski definition) is 3. The van der Waals surface area contributed by atoms with Gasteiger partial charge < -0.3 is 10.5 Å². The van der Waals surface area contributed by atoms with Crippen LogP contribution >= 0.6 is 0 Å². The summed E-state index contributed by atoms with van der Waals surface area (Å²) in [6.07, 6.45) is 4.59. The van der Waals surface area contributed by atoms with Crippen LogP contribution in [0.2, 0.25) is 0 Å². The highest BCUT2D eigenvalue weighted by molar-refractivity contribution is 6.20. The Bertz CT molecular complexity index is 2870. The number of nitrogen functional groups attached to an aromatic ring is 1. The molecular weight excluding hydrogens is 669 g/mol. The minimum Gasteiger partial charge on any atom is -0.484 e. The molecule has 2 unspecified atom stereocenters. The van der Waals surface area contributed by atoms with E-state index in [-0.39, 0.29) is 12.0 Å². The maximum Gasteiger partial charge on any atom is 0.135 e. The summed E-state index contributed by atoms with van der Waals surface area (Å²) < 4.78 is 6.83. The second-order valence-corrected chi connectivity index (χ2v) is 14.5. The first kappa shape index (κ1) is 32.7. The van der Waals surface area contributed by atoms with Crippen LogP contribution in [0.4, 0.5) is 11.4 Å². The van der Waals surface area contributed by atoms with Crippen molar-refractivity contribution in [3.05, 3.63) is 210 Å². The van der Waals surface area contributed by atoms with Crippen molar-refractivity contribution >= 4 is 49.8 Å². The van der Waals surface area contributed by atoms with Crippen molar-refractivity contribution < 1.29 is 4.74 Å². The fourth-order valence-corrected chi connectivity index (χ4v) is 8.39. The highest BCUT2D eigenvalue weighted by Gasteiger charge is 2.39. The number of anilines is 1. The lowest BCUT2D eigenvalue weighted by molar-refractivity contribution is 0.278. The van der Waals surface area contributed by atoms with Crippen molar-refractivity contribution in [1.29, 1.82) is 0 Å². The van der Waals surface area contributed by atoms with Gasteiger partial charge in [0.25, 0.3) is 0 Å². The van der Waals surface area contributed by atoms with E-state index in [2.05, 4.69) is 189 Å². The SMILES string of the molecule is CC(=Nc1c(N)c2ccccc2c2ccccc12)c1cccc(-c2cccc(C3=CC(c4ccccc4)=CC4c5cc(-c6ccccc6)ccc5OC34)c2)c1. The third-order valence-corrected chi connectivity index (χ3v) is 11.2. The summed E-state index contributed by atoms with van der Waals surface area (Å²) in [4.78, 5) is 5.21. The molecule has 2 atom stereocenters. The van der Waals surface area contributed by atoms with Crippen LogP contribution in [0.3, 0.4) is 0 Å². The van der Waals surface area contributed by atoms with Gasteiger partial charge >= 0.3 is 0 Å². The Hall–Kier alpha value is -6.97. The summed E-state index contributed by atoms with van der Waals surface area (Å²) in [5.41, 5.74) is 20.9. The van der Waals surface area contributed by atoms with E-state index in [1.54, 1.807) is 0 Å². The fourth-order valence-electron chi connectivity index (χ4n) is 8.39. The van der Waals surface area contributed by atoms with Crippen LogP contribution in [-0.2, 0) is 0 Å². The minimum atomic E-state index is -0.133. The summed E-state index contributed by atoms with van der Waals surface area (Å²) in [5, 5.41) is 4.37. The predicted octanol–water partition coefficient (Wildman–Crippen LogP) is 13.1. The number of allylic oxidation sites excluding steroid dienone is 2. The van der Waals surface area contributed by atoms with Gasteiger partial charge in [0.1, 0.15) is 11.9 Å². The molecule has 55 heavy (non-hydrogen) atoms. The predicted molar refractivity (Wildman–Crippen MR) is 231 cm³/mol. The third-order valence-electron chi connectivity index (χ3n) is 11.2. The zero-order valence-corrected chi connectivity index (χ0v) is 30.5. The Kier molecular flexibility index (Phi) is 8.00. The molecule has 2 N–H and O–H groups in total. The Morgan fingerprint density at radius 1 is 0.527 bits per heavy atom. The van der Waals surface area contributed by atoms with Gasteiger partial charge in [-0.2, -0.15) is 0 Å². The summed E-state index contributed by atoms with van der Waals surface area (Å²) in [5.74, 6) is 1.03. The number of nitrogens with two attached hydrogens (primary N) is 1. The second kappa shape index (κ2) is 13.5. The van der Waals surface area contributed by atoms with E-state index in [0.29, 0.717) is 5.69 Å². The van der Waals surface area contributed by atoms with E-state index in [1.165, 1.54) is 33.4 Å². The summed E-state index contributed by atoms with van der Waals surface area (Å²) in [7, 11) is 0. The molecule has 0 radical (unpaired) electrons. The number of fused-ring (bicyclic) bond motifs is 6. The van der Waals surface area contributed by atoms with Crippen LogP contribution in [0.5, 0.6) is 5.75 Å². The van der Waals surface area contributed by atoms with Gasteiger partial charge in [-0.1, -0.05) is 158 Å². The highest BCUT2D eigenvalue weighted by atomic mass is 16.5. The molecule has 0 amide bonds. The topological polar surface area (TPSA) is 47.6 Å². The Morgan fingerprint density at radius 3 is 1.87 bits per heavy atom. The molecular formula is C52H38N2O. The lowest BCUT2D eigenvalue weighted by Crippen LogP contribution is -2.22. The van der Waals surface area contributed by atoms with Crippen molar-refractivity contribution in [2.75, 3.05) is 5.73 Å². The van der Waals surface area contributed by atoms with Crippen LogP contribution in [0, 0.1) is 0 Å². The Balaban J connectivity index is 1.03.